The first-order chi connectivity index (χ1) is 31.1. The number of fused-ring (bicyclic) bond motifs is 7. The molecule has 9 aromatic rings. The summed E-state index contributed by atoms with van der Waals surface area (Å²) in [4.78, 5) is 5.18. The Morgan fingerprint density at radius 3 is 1.60 bits per heavy atom. The van der Waals surface area contributed by atoms with E-state index in [-0.39, 0.29) is 17.5 Å². The summed E-state index contributed by atoms with van der Waals surface area (Å²) in [6.45, 7) is 23.6. The average Bonchev–Trinajstić information content (AvgIpc) is 3.62. The summed E-state index contributed by atoms with van der Waals surface area (Å²) >= 11 is 0. The quantitative estimate of drug-likeness (QED) is 0.160. The lowest BCUT2D eigenvalue weighted by molar-refractivity contribution is 0.590. The van der Waals surface area contributed by atoms with Gasteiger partial charge in [-0.25, -0.2) is 0 Å². The molecule has 11 rings (SSSR count). The van der Waals surface area contributed by atoms with Crippen molar-refractivity contribution in [2.45, 2.75) is 78.9 Å². The first-order valence-electron chi connectivity index (χ1n) is 23.4. The number of hydrogen-bond acceptors (Lipinski definition) is 2. The Labute approximate surface area is 387 Å². The zero-order valence-corrected chi connectivity index (χ0v) is 40.6. The molecular formula is C60H58BN3Si. The number of benzene rings is 8. The van der Waals surface area contributed by atoms with Crippen molar-refractivity contribution in [3.8, 4) is 16.8 Å². The lowest BCUT2D eigenvalue weighted by Crippen LogP contribution is -2.62. The highest BCUT2D eigenvalue weighted by Crippen LogP contribution is 2.48. The van der Waals surface area contributed by atoms with Gasteiger partial charge in [-0.1, -0.05) is 163 Å². The topological polar surface area (TPSA) is 11.4 Å². The second kappa shape index (κ2) is 14.7. The third kappa shape index (κ3) is 6.69. The van der Waals surface area contributed by atoms with Crippen LogP contribution in [-0.4, -0.2) is 19.4 Å². The van der Waals surface area contributed by atoms with Crippen LogP contribution in [0, 0.1) is 6.92 Å². The van der Waals surface area contributed by atoms with E-state index >= 15 is 0 Å². The maximum Gasteiger partial charge on any atom is 0.252 e. The number of rotatable bonds is 5. The zero-order chi connectivity index (χ0) is 45.2. The molecule has 0 saturated heterocycles. The number of aromatic nitrogens is 1. The van der Waals surface area contributed by atoms with E-state index in [9.17, 15) is 0 Å². The Morgan fingerprint density at radius 1 is 0.446 bits per heavy atom. The lowest BCUT2D eigenvalue weighted by atomic mass is 9.33. The Balaban J connectivity index is 1.26. The van der Waals surface area contributed by atoms with Crippen LogP contribution >= 0.6 is 0 Å². The predicted octanol–water partition coefficient (Wildman–Crippen LogP) is 14.0. The van der Waals surface area contributed by atoms with Crippen LogP contribution in [0.2, 0.25) is 19.6 Å². The van der Waals surface area contributed by atoms with Crippen molar-refractivity contribution in [2.24, 2.45) is 0 Å². The molecule has 65 heavy (non-hydrogen) atoms. The molecule has 0 fully saturated rings. The summed E-state index contributed by atoms with van der Waals surface area (Å²) in [5.41, 5.74) is 21.3. The molecule has 0 atom stereocenters. The number of anilines is 6. The average molecular weight is 860 g/mol. The van der Waals surface area contributed by atoms with Crippen molar-refractivity contribution in [1.29, 1.82) is 0 Å². The summed E-state index contributed by atoms with van der Waals surface area (Å²) in [5.74, 6) is 0. The van der Waals surface area contributed by atoms with Crippen LogP contribution in [0.5, 0.6) is 0 Å². The van der Waals surface area contributed by atoms with Gasteiger partial charge in [-0.2, -0.15) is 0 Å². The second-order valence-corrected chi connectivity index (χ2v) is 26.7. The van der Waals surface area contributed by atoms with Crippen molar-refractivity contribution in [3.05, 3.63) is 187 Å². The van der Waals surface area contributed by atoms with Crippen LogP contribution in [-0.2, 0) is 10.8 Å². The molecule has 0 radical (unpaired) electrons. The minimum absolute atomic E-state index is 0.00897. The van der Waals surface area contributed by atoms with Gasteiger partial charge < -0.3 is 14.4 Å². The Bertz CT molecular complexity index is 3290. The van der Waals surface area contributed by atoms with Gasteiger partial charge in [0.15, 0.2) is 0 Å². The van der Waals surface area contributed by atoms with Gasteiger partial charge >= 0.3 is 0 Å². The molecule has 0 amide bonds. The lowest BCUT2D eigenvalue weighted by Gasteiger charge is -2.45. The summed E-state index contributed by atoms with van der Waals surface area (Å²) in [6, 6.07) is 65.0. The fraction of sp³-hybridized carbons (Fsp3) is 0.200. The molecule has 3 heterocycles. The van der Waals surface area contributed by atoms with Crippen molar-refractivity contribution in [2.75, 3.05) is 9.80 Å². The molecule has 0 spiro atoms. The summed E-state index contributed by atoms with van der Waals surface area (Å²) in [5, 5.41) is 4.02. The molecular weight excluding hydrogens is 802 g/mol. The largest absolute Gasteiger partial charge is 0.311 e. The normalized spacial score (nSPS) is 13.6. The number of aryl methyl sites for hydroxylation is 1. The highest BCUT2D eigenvalue weighted by molar-refractivity contribution is 7.01. The van der Waals surface area contributed by atoms with Crippen molar-refractivity contribution >= 4 is 92.3 Å². The van der Waals surface area contributed by atoms with Gasteiger partial charge in [0.1, 0.15) is 0 Å². The van der Waals surface area contributed by atoms with E-state index in [1.165, 1.54) is 111 Å². The Kier molecular flexibility index (Phi) is 9.33. The van der Waals surface area contributed by atoms with E-state index < -0.39 is 8.07 Å². The van der Waals surface area contributed by atoms with E-state index in [2.05, 4.69) is 252 Å². The first-order valence-corrected chi connectivity index (χ1v) is 26.9. The third-order valence-electron chi connectivity index (χ3n) is 14.1. The van der Waals surface area contributed by atoms with Crippen LogP contribution in [0.3, 0.4) is 0 Å². The van der Waals surface area contributed by atoms with Crippen LogP contribution in [0.15, 0.2) is 170 Å². The number of para-hydroxylation sites is 2. The summed E-state index contributed by atoms with van der Waals surface area (Å²) in [6.07, 6.45) is 0. The van der Waals surface area contributed by atoms with Gasteiger partial charge in [-0.05, 0) is 129 Å². The van der Waals surface area contributed by atoms with Gasteiger partial charge in [-0.15, -0.1) is 0 Å². The molecule has 2 aliphatic rings. The van der Waals surface area contributed by atoms with E-state index in [1.54, 1.807) is 0 Å². The molecule has 0 aliphatic carbocycles. The van der Waals surface area contributed by atoms with Gasteiger partial charge in [0.2, 0.25) is 0 Å². The fourth-order valence-electron chi connectivity index (χ4n) is 10.6. The maximum absolute atomic E-state index is 2.61. The van der Waals surface area contributed by atoms with Crippen LogP contribution in [0.1, 0.15) is 58.2 Å². The van der Waals surface area contributed by atoms with E-state index in [0.29, 0.717) is 0 Å². The molecule has 320 valence electrons. The standard InChI is InChI=1S/C60H58BN3Si/c1-39-34-56-58-57(35-39)64(53-31-26-42(60(5,6)7)36-48(53)40-18-12-11-13-19-40)55-32-29-44(63-51-22-16-14-20-46(51)47-21-15-17-23-52(47)63)37-49(55)61(58)50-38-45(65(8,9)10)30-33-54(50)62(56)43-27-24-41(25-28-43)59(2,3)4/h11-38H,1-10H3. The molecule has 0 N–H and O–H groups in total. The molecule has 0 saturated carbocycles. The van der Waals surface area contributed by atoms with Crippen LogP contribution in [0.4, 0.5) is 34.1 Å². The summed E-state index contributed by atoms with van der Waals surface area (Å²) in [7, 11) is -1.73. The predicted molar refractivity (Wildman–Crippen MR) is 285 cm³/mol. The fourth-order valence-corrected chi connectivity index (χ4v) is 11.8. The first kappa shape index (κ1) is 41.2. The number of nitrogens with zero attached hydrogens (tertiary/aromatic N) is 3. The van der Waals surface area contributed by atoms with Crippen molar-refractivity contribution in [3.63, 3.8) is 0 Å². The molecule has 3 nitrogen and oxygen atoms in total. The van der Waals surface area contributed by atoms with E-state index in [4.69, 9.17) is 0 Å². The van der Waals surface area contributed by atoms with Crippen LogP contribution in [0.25, 0.3) is 38.6 Å². The van der Waals surface area contributed by atoms with Gasteiger partial charge in [0.25, 0.3) is 6.71 Å². The van der Waals surface area contributed by atoms with E-state index in [0.717, 1.165) is 0 Å². The Morgan fingerprint density at radius 2 is 0.969 bits per heavy atom. The smallest absolute Gasteiger partial charge is 0.252 e. The highest BCUT2D eigenvalue weighted by Gasteiger charge is 2.44. The minimum Gasteiger partial charge on any atom is -0.311 e. The molecule has 1 aromatic heterocycles. The molecule has 0 bridgehead atoms. The molecule has 2 aliphatic heterocycles. The molecule has 5 heteroatoms. The second-order valence-electron chi connectivity index (χ2n) is 21.6. The van der Waals surface area contributed by atoms with Crippen LogP contribution < -0.4 is 31.4 Å². The molecule has 8 aromatic carbocycles. The van der Waals surface area contributed by atoms with Gasteiger partial charge in [0, 0.05) is 50.5 Å². The maximum atomic E-state index is 2.61. The number of hydrogen-bond donors (Lipinski definition) is 0. The van der Waals surface area contributed by atoms with Gasteiger partial charge in [-0.3, -0.25) is 0 Å². The van der Waals surface area contributed by atoms with Crippen molar-refractivity contribution < 1.29 is 0 Å². The SMILES string of the molecule is Cc1cc2c3c(c1)N(c1ccc(C(C)(C)C)cc1-c1ccccc1)c1ccc(-n4c5ccccc5c5ccccc54)cc1B3c1cc([Si](C)(C)C)ccc1N2c1ccc(C(C)(C)C)cc1. The minimum atomic E-state index is -1.73. The van der Waals surface area contributed by atoms with E-state index in [1.807, 2.05) is 0 Å². The third-order valence-corrected chi connectivity index (χ3v) is 16.1. The van der Waals surface area contributed by atoms with Crippen molar-refractivity contribution in [1.82, 2.24) is 4.57 Å². The Hall–Kier alpha value is -6.56. The molecule has 0 unspecified atom stereocenters. The van der Waals surface area contributed by atoms with Gasteiger partial charge in [0.05, 0.1) is 24.8 Å². The zero-order valence-electron chi connectivity index (χ0n) is 39.6. The monoisotopic (exact) mass is 859 g/mol. The summed E-state index contributed by atoms with van der Waals surface area (Å²) < 4.78 is 2.49. The highest BCUT2D eigenvalue weighted by atomic mass is 28.3.